The van der Waals surface area contributed by atoms with Gasteiger partial charge in [-0.2, -0.15) is 13.9 Å². The number of benzene rings is 1. The third kappa shape index (κ3) is 6.46. The molecule has 1 aromatic carbocycles. The molecule has 1 rings (SSSR count). The second-order valence-corrected chi connectivity index (χ2v) is 4.34. The van der Waals surface area contributed by atoms with Crippen molar-refractivity contribution in [2.45, 2.75) is 13.5 Å². The van der Waals surface area contributed by atoms with E-state index < -0.39 is 6.61 Å². The van der Waals surface area contributed by atoms with Gasteiger partial charge in [0.15, 0.2) is 5.11 Å². The molecule has 8 heteroatoms. The molecule has 0 aliphatic carbocycles. The molecule has 5 nitrogen and oxygen atoms in total. The van der Waals surface area contributed by atoms with Crippen molar-refractivity contribution in [2.24, 2.45) is 5.10 Å². The van der Waals surface area contributed by atoms with Gasteiger partial charge in [0, 0.05) is 19.2 Å². The molecule has 0 heterocycles. The number of hydrogen-bond donors (Lipinski definition) is 2. The van der Waals surface area contributed by atoms with Crippen LogP contribution in [0.5, 0.6) is 5.75 Å². The van der Waals surface area contributed by atoms with Crippen LogP contribution in [0.4, 0.5) is 8.78 Å². The van der Waals surface area contributed by atoms with Crippen LogP contribution in [0.15, 0.2) is 29.4 Å². The molecule has 0 unspecified atom stereocenters. The van der Waals surface area contributed by atoms with Crippen LogP contribution in [0.1, 0.15) is 12.5 Å². The largest absolute Gasteiger partial charge is 0.434 e. The number of hydrazone groups is 1. The normalized spacial score (nSPS) is 11.4. The highest BCUT2D eigenvalue weighted by Gasteiger charge is 2.11. The molecule has 116 valence electrons. The Bertz CT molecular complexity index is 498. The highest BCUT2D eigenvalue weighted by molar-refractivity contribution is 7.80. The second-order valence-electron chi connectivity index (χ2n) is 3.93. The summed E-state index contributed by atoms with van der Waals surface area (Å²) in [6, 6.07) is 6.41. The first-order valence-electron chi connectivity index (χ1n) is 6.16. The Kier molecular flexibility index (Phi) is 7.55. The molecule has 0 fully saturated rings. The maximum absolute atomic E-state index is 12.3. The highest BCUT2D eigenvalue weighted by Crippen LogP contribution is 2.20. The first kappa shape index (κ1) is 17.3. The van der Waals surface area contributed by atoms with Crippen molar-refractivity contribution in [1.29, 1.82) is 0 Å². The number of nitrogens with one attached hydrogen (secondary N) is 2. The Morgan fingerprint density at radius 1 is 1.38 bits per heavy atom. The van der Waals surface area contributed by atoms with E-state index in [1.165, 1.54) is 6.07 Å². The topological polar surface area (TPSA) is 54.9 Å². The average Bonchev–Trinajstić information content (AvgIpc) is 2.45. The lowest BCUT2D eigenvalue weighted by Gasteiger charge is -2.11. The van der Waals surface area contributed by atoms with E-state index in [0.29, 0.717) is 29.5 Å². The molecule has 1 aromatic rings. The fraction of sp³-hybridized carbons (Fsp3) is 0.385. The van der Waals surface area contributed by atoms with Crippen LogP contribution in [0.3, 0.4) is 0 Å². The van der Waals surface area contributed by atoms with E-state index in [2.05, 4.69) is 20.6 Å². The second kappa shape index (κ2) is 9.19. The summed E-state index contributed by atoms with van der Waals surface area (Å²) in [5, 5.41) is 7.23. The number of halogens is 2. The van der Waals surface area contributed by atoms with E-state index in [-0.39, 0.29) is 5.75 Å². The molecule has 0 saturated carbocycles. The lowest BCUT2D eigenvalue weighted by Crippen LogP contribution is -2.34. The van der Waals surface area contributed by atoms with Crippen molar-refractivity contribution < 1.29 is 18.3 Å². The van der Waals surface area contributed by atoms with Crippen LogP contribution >= 0.6 is 12.2 Å². The smallest absolute Gasteiger partial charge is 0.387 e. The van der Waals surface area contributed by atoms with Gasteiger partial charge < -0.3 is 14.8 Å². The van der Waals surface area contributed by atoms with Crippen LogP contribution in [0.2, 0.25) is 0 Å². The van der Waals surface area contributed by atoms with E-state index in [0.717, 1.165) is 0 Å². The predicted octanol–water partition coefficient (Wildman–Crippen LogP) is 2.12. The van der Waals surface area contributed by atoms with Gasteiger partial charge >= 0.3 is 6.61 Å². The highest BCUT2D eigenvalue weighted by atomic mass is 32.1. The lowest BCUT2D eigenvalue weighted by atomic mass is 10.1. The average molecular weight is 317 g/mol. The molecule has 0 atom stereocenters. The molecule has 0 aromatic heterocycles. The maximum Gasteiger partial charge on any atom is 0.387 e. The summed E-state index contributed by atoms with van der Waals surface area (Å²) >= 11 is 5.00. The van der Waals surface area contributed by atoms with Crippen LogP contribution in [0.25, 0.3) is 0 Å². The Hall–Kier alpha value is -1.80. The third-order valence-corrected chi connectivity index (χ3v) is 2.65. The van der Waals surface area contributed by atoms with Crippen molar-refractivity contribution in [2.75, 3.05) is 20.3 Å². The van der Waals surface area contributed by atoms with Crippen LogP contribution in [0, 0.1) is 0 Å². The molecule has 0 aliphatic heterocycles. The first-order chi connectivity index (χ1) is 10.0. The minimum Gasteiger partial charge on any atom is -0.434 e. The molecule has 0 amide bonds. The molecular formula is C13H17F2N3O2S. The summed E-state index contributed by atoms with van der Waals surface area (Å²) < 4.78 is 34.0. The zero-order valence-corrected chi connectivity index (χ0v) is 12.5. The Balaban J connectivity index is 2.67. The maximum atomic E-state index is 12.3. The van der Waals surface area contributed by atoms with E-state index in [1.807, 2.05) is 0 Å². The summed E-state index contributed by atoms with van der Waals surface area (Å²) in [6.07, 6.45) is 0. The van der Waals surface area contributed by atoms with Crippen molar-refractivity contribution in [3.63, 3.8) is 0 Å². The third-order valence-electron chi connectivity index (χ3n) is 2.41. The van der Waals surface area contributed by atoms with Gasteiger partial charge in [-0.1, -0.05) is 12.1 Å². The molecular weight excluding hydrogens is 300 g/mol. The van der Waals surface area contributed by atoms with E-state index in [9.17, 15) is 8.78 Å². The number of ether oxygens (including phenoxy) is 2. The number of para-hydroxylation sites is 1. The molecule has 0 bridgehead atoms. The Morgan fingerprint density at radius 3 is 2.76 bits per heavy atom. The molecule has 21 heavy (non-hydrogen) atoms. The van der Waals surface area contributed by atoms with Gasteiger partial charge in [0.05, 0.1) is 12.3 Å². The van der Waals surface area contributed by atoms with Gasteiger partial charge in [-0.25, -0.2) is 0 Å². The SMILES string of the molecule is COCCNC(=S)N/N=C(/C)c1ccccc1OC(F)F. The van der Waals surface area contributed by atoms with E-state index in [4.69, 9.17) is 17.0 Å². The zero-order chi connectivity index (χ0) is 15.7. The van der Waals surface area contributed by atoms with Crippen LogP contribution in [-0.2, 0) is 4.74 Å². The van der Waals surface area contributed by atoms with Gasteiger partial charge in [0.1, 0.15) is 5.75 Å². The van der Waals surface area contributed by atoms with Gasteiger partial charge in [-0.05, 0) is 31.3 Å². The van der Waals surface area contributed by atoms with E-state index in [1.54, 1.807) is 32.2 Å². The number of nitrogens with zero attached hydrogens (tertiary/aromatic N) is 1. The first-order valence-corrected chi connectivity index (χ1v) is 6.56. The van der Waals surface area contributed by atoms with Crippen LogP contribution < -0.4 is 15.5 Å². The summed E-state index contributed by atoms with van der Waals surface area (Å²) in [6.45, 7) is -0.167. The van der Waals surface area contributed by atoms with Gasteiger partial charge in [0.25, 0.3) is 0 Å². The number of alkyl halides is 2. The van der Waals surface area contributed by atoms with Gasteiger partial charge in [-0.15, -0.1) is 0 Å². The van der Waals surface area contributed by atoms with Crippen molar-refractivity contribution in [3.8, 4) is 5.75 Å². The van der Waals surface area contributed by atoms with Crippen molar-refractivity contribution in [1.82, 2.24) is 10.7 Å². The molecule has 0 radical (unpaired) electrons. The number of rotatable bonds is 7. The number of hydrogen-bond acceptors (Lipinski definition) is 4. The zero-order valence-electron chi connectivity index (χ0n) is 11.7. The fourth-order valence-electron chi connectivity index (χ4n) is 1.47. The molecule has 0 saturated heterocycles. The standard InChI is InChI=1S/C13H17F2N3O2S/c1-9(17-18-13(21)16-7-8-19-2)10-5-3-4-6-11(10)20-12(14)15/h3-6,12H,7-8H2,1-2H3,(H2,16,18,21)/b17-9-. The Labute approximate surface area is 127 Å². The minimum absolute atomic E-state index is 0.0637. The summed E-state index contributed by atoms with van der Waals surface area (Å²) in [5.41, 5.74) is 3.57. The predicted molar refractivity (Wildman–Crippen MR) is 80.9 cm³/mol. The van der Waals surface area contributed by atoms with Crippen LogP contribution in [-0.4, -0.2) is 37.7 Å². The quantitative estimate of drug-likeness (QED) is 0.349. The summed E-state index contributed by atoms with van der Waals surface area (Å²) in [7, 11) is 1.58. The van der Waals surface area contributed by atoms with E-state index >= 15 is 0 Å². The fourth-order valence-corrected chi connectivity index (χ4v) is 1.61. The molecule has 0 spiro atoms. The summed E-state index contributed by atoms with van der Waals surface area (Å²) in [5.74, 6) is 0.0637. The van der Waals surface area contributed by atoms with Gasteiger partial charge in [0.2, 0.25) is 0 Å². The monoisotopic (exact) mass is 317 g/mol. The number of thiocarbonyl (C=S) groups is 1. The van der Waals surface area contributed by atoms with Crippen molar-refractivity contribution >= 4 is 23.0 Å². The van der Waals surface area contributed by atoms with Gasteiger partial charge in [-0.3, -0.25) is 5.43 Å². The lowest BCUT2D eigenvalue weighted by molar-refractivity contribution is -0.0499. The number of methoxy groups -OCH3 is 1. The molecule has 2 N–H and O–H groups in total. The molecule has 0 aliphatic rings. The summed E-state index contributed by atoms with van der Waals surface area (Å²) in [4.78, 5) is 0. The minimum atomic E-state index is -2.89. The van der Waals surface area contributed by atoms with Crippen molar-refractivity contribution in [3.05, 3.63) is 29.8 Å². The Morgan fingerprint density at radius 2 is 2.10 bits per heavy atom.